The first-order valence-corrected chi connectivity index (χ1v) is 6.17. The molecule has 0 radical (unpaired) electrons. The number of rotatable bonds is 5. The number of ketones is 1. The Morgan fingerprint density at radius 2 is 1.89 bits per heavy atom. The van der Waals surface area contributed by atoms with Crippen LogP contribution in [0.1, 0.15) is 17.2 Å². The Morgan fingerprint density at radius 3 is 2.58 bits per heavy atom. The lowest BCUT2D eigenvalue weighted by molar-refractivity contribution is -0.119. The molecule has 3 nitrogen and oxygen atoms in total. The third-order valence-electron chi connectivity index (χ3n) is 3.02. The lowest BCUT2D eigenvalue weighted by Gasteiger charge is -2.12. The van der Waals surface area contributed by atoms with Gasteiger partial charge >= 0.3 is 0 Å². The summed E-state index contributed by atoms with van der Waals surface area (Å²) in [5, 5.41) is 0. The number of hydrogen-bond donors (Lipinski definition) is 1. The maximum Gasteiger partial charge on any atom is 0.158 e. The molecule has 0 amide bonds. The molecule has 0 heterocycles. The highest BCUT2D eigenvalue weighted by Crippen LogP contribution is 2.19. The largest absolute Gasteiger partial charge is 0.497 e. The van der Waals surface area contributed by atoms with Crippen LogP contribution >= 0.6 is 0 Å². The van der Waals surface area contributed by atoms with Gasteiger partial charge in [-0.2, -0.15) is 0 Å². The molecule has 19 heavy (non-hydrogen) atoms. The minimum absolute atomic E-state index is 0.000506. The summed E-state index contributed by atoms with van der Waals surface area (Å²) >= 11 is 0. The molecule has 1 unspecified atom stereocenters. The van der Waals surface area contributed by atoms with Crippen molar-refractivity contribution < 1.29 is 9.53 Å². The lowest BCUT2D eigenvalue weighted by atomic mass is 9.98. The van der Waals surface area contributed by atoms with Gasteiger partial charge in [-0.1, -0.05) is 42.5 Å². The standard InChI is InChI=1S/C16H17NO2/c1-19-14-9-5-8-13(11-14)16(17)15(18)10-12-6-3-2-4-7-12/h2-9,11,16H,10,17H2,1H3. The molecule has 0 bridgehead atoms. The molecule has 2 aromatic rings. The number of benzene rings is 2. The summed E-state index contributed by atoms with van der Waals surface area (Å²) in [4.78, 5) is 12.1. The van der Waals surface area contributed by atoms with E-state index in [-0.39, 0.29) is 5.78 Å². The molecule has 0 aliphatic rings. The molecular formula is C16H17NO2. The van der Waals surface area contributed by atoms with Gasteiger partial charge in [-0.05, 0) is 23.3 Å². The van der Waals surface area contributed by atoms with Crippen molar-refractivity contribution in [3.8, 4) is 5.75 Å². The average molecular weight is 255 g/mol. The van der Waals surface area contributed by atoms with Gasteiger partial charge in [0.2, 0.25) is 0 Å². The van der Waals surface area contributed by atoms with Gasteiger partial charge in [-0.3, -0.25) is 4.79 Å². The van der Waals surface area contributed by atoms with Crippen molar-refractivity contribution >= 4 is 5.78 Å². The molecule has 0 aliphatic heterocycles. The summed E-state index contributed by atoms with van der Waals surface area (Å²) in [6.07, 6.45) is 0.346. The Labute approximate surface area is 113 Å². The second-order valence-electron chi connectivity index (χ2n) is 4.38. The first kappa shape index (κ1) is 13.3. The highest BCUT2D eigenvalue weighted by atomic mass is 16.5. The van der Waals surface area contributed by atoms with Crippen molar-refractivity contribution in [1.29, 1.82) is 0 Å². The first-order valence-electron chi connectivity index (χ1n) is 6.17. The SMILES string of the molecule is COc1cccc(C(N)C(=O)Cc2ccccc2)c1. The van der Waals surface area contributed by atoms with Crippen molar-refractivity contribution in [3.05, 3.63) is 65.7 Å². The summed E-state index contributed by atoms with van der Waals surface area (Å²) in [6.45, 7) is 0. The van der Waals surface area contributed by atoms with Crippen LogP contribution in [0.5, 0.6) is 5.75 Å². The molecule has 0 aromatic heterocycles. The highest BCUT2D eigenvalue weighted by molar-refractivity contribution is 5.87. The van der Waals surface area contributed by atoms with E-state index in [9.17, 15) is 4.79 Å². The van der Waals surface area contributed by atoms with E-state index in [0.29, 0.717) is 12.2 Å². The van der Waals surface area contributed by atoms with E-state index in [0.717, 1.165) is 11.1 Å². The van der Waals surface area contributed by atoms with Crippen molar-refractivity contribution in [2.45, 2.75) is 12.5 Å². The van der Waals surface area contributed by atoms with Gasteiger partial charge in [0, 0.05) is 6.42 Å². The van der Waals surface area contributed by atoms with Crippen molar-refractivity contribution in [1.82, 2.24) is 0 Å². The van der Waals surface area contributed by atoms with Crippen LogP contribution in [0.25, 0.3) is 0 Å². The fourth-order valence-corrected chi connectivity index (χ4v) is 1.93. The molecule has 3 heteroatoms. The van der Waals surface area contributed by atoms with Crippen LogP contribution in [0.3, 0.4) is 0 Å². The van der Waals surface area contributed by atoms with E-state index in [1.807, 2.05) is 48.5 Å². The zero-order chi connectivity index (χ0) is 13.7. The Kier molecular flexibility index (Phi) is 4.31. The number of Topliss-reactive ketones (excluding diaryl/α,β-unsaturated/α-hetero) is 1. The molecule has 1 atom stereocenters. The topological polar surface area (TPSA) is 52.3 Å². The second-order valence-corrected chi connectivity index (χ2v) is 4.38. The Bertz CT molecular complexity index is 552. The Hall–Kier alpha value is -2.13. The molecular weight excluding hydrogens is 238 g/mol. The molecule has 0 fully saturated rings. The molecule has 2 N–H and O–H groups in total. The monoisotopic (exact) mass is 255 g/mol. The van der Waals surface area contributed by atoms with Crippen LogP contribution in [-0.2, 0) is 11.2 Å². The number of carbonyl (C=O) groups is 1. The van der Waals surface area contributed by atoms with Gasteiger partial charge in [0.25, 0.3) is 0 Å². The fourth-order valence-electron chi connectivity index (χ4n) is 1.93. The number of ether oxygens (including phenoxy) is 1. The average Bonchev–Trinajstić information content (AvgIpc) is 2.47. The molecule has 98 valence electrons. The molecule has 0 saturated heterocycles. The third-order valence-corrected chi connectivity index (χ3v) is 3.02. The van der Waals surface area contributed by atoms with E-state index in [1.165, 1.54) is 0 Å². The zero-order valence-electron chi connectivity index (χ0n) is 10.9. The maximum atomic E-state index is 12.1. The van der Waals surface area contributed by atoms with Crippen molar-refractivity contribution in [2.75, 3.05) is 7.11 Å². The van der Waals surface area contributed by atoms with Gasteiger partial charge in [-0.15, -0.1) is 0 Å². The van der Waals surface area contributed by atoms with Crippen LogP contribution in [0, 0.1) is 0 Å². The summed E-state index contributed by atoms with van der Waals surface area (Å²) in [5.74, 6) is 0.708. The quantitative estimate of drug-likeness (QED) is 0.893. The van der Waals surface area contributed by atoms with E-state index in [4.69, 9.17) is 10.5 Å². The zero-order valence-corrected chi connectivity index (χ0v) is 10.9. The Morgan fingerprint density at radius 1 is 1.16 bits per heavy atom. The number of nitrogens with two attached hydrogens (primary N) is 1. The van der Waals surface area contributed by atoms with Crippen LogP contribution < -0.4 is 10.5 Å². The van der Waals surface area contributed by atoms with E-state index >= 15 is 0 Å². The lowest BCUT2D eigenvalue weighted by Crippen LogP contribution is -2.23. The van der Waals surface area contributed by atoms with Crippen LogP contribution in [-0.4, -0.2) is 12.9 Å². The summed E-state index contributed by atoms with van der Waals surface area (Å²) in [5.41, 5.74) is 7.76. The third kappa shape index (κ3) is 3.42. The fraction of sp³-hybridized carbons (Fsp3) is 0.188. The van der Waals surface area contributed by atoms with E-state index in [2.05, 4.69) is 0 Å². The van der Waals surface area contributed by atoms with Crippen molar-refractivity contribution in [2.24, 2.45) is 5.73 Å². The van der Waals surface area contributed by atoms with Crippen LogP contribution in [0.2, 0.25) is 0 Å². The normalized spacial score (nSPS) is 11.9. The van der Waals surface area contributed by atoms with Gasteiger partial charge in [0.15, 0.2) is 5.78 Å². The number of carbonyl (C=O) groups excluding carboxylic acids is 1. The van der Waals surface area contributed by atoms with E-state index < -0.39 is 6.04 Å². The van der Waals surface area contributed by atoms with Gasteiger partial charge in [0.05, 0.1) is 13.2 Å². The first-order chi connectivity index (χ1) is 9.20. The number of methoxy groups -OCH3 is 1. The van der Waals surface area contributed by atoms with Crippen molar-refractivity contribution in [3.63, 3.8) is 0 Å². The van der Waals surface area contributed by atoms with E-state index in [1.54, 1.807) is 13.2 Å². The van der Waals surface area contributed by atoms with Gasteiger partial charge in [0.1, 0.15) is 5.75 Å². The predicted octanol–water partition coefficient (Wildman–Crippen LogP) is 2.51. The summed E-state index contributed by atoms with van der Waals surface area (Å²) < 4.78 is 5.14. The summed E-state index contributed by atoms with van der Waals surface area (Å²) in [7, 11) is 1.59. The maximum absolute atomic E-state index is 12.1. The minimum Gasteiger partial charge on any atom is -0.497 e. The molecule has 2 rings (SSSR count). The molecule has 0 spiro atoms. The highest BCUT2D eigenvalue weighted by Gasteiger charge is 2.16. The van der Waals surface area contributed by atoms with Gasteiger partial charge in [-0.25, -0.2) is 0 Å². The molecule has 2 aromatic carbocycles. The predicted molar refractivity (Wildman–Crippen MR) is 75.1 cm³/mol. The summed E-state index contributed by atoms with van der Waals surface area (Å²) in [6, 6.07) is 16.3. The smallest absolute Gasteiger partial charge is 0.158 e. The molecule has 0 aliphatic carbocycles. The second kappa shape index (κ2) is 6.16. The number of hydrogen-bond acceptors (Lipinski definition) is 3. The van der Waals surface area contributed by atoms with Crippen LogP contribution in [0.4, 0.5) is 0 Å². The minimum atomic E-state index is -0.615. The molecule has 0 saturated carbocycles. The Balaban J connectivity index is 2.10. The van der Waals surface area contributed by atoms with Gasteiger partial charge < -0.3 is 10.5 Å². The van der Waals surface area contributed by atoms with Crippen LogP contribution in [0.15, 0.2) is 54.6 Å².